The third-order valence-corrected chi connectivity index (χ3v) is 4.51. The molecule has 0 bridgehead atoms. The summed E-state index contributed by atoms with van der Waals surface area (Å²) in [4.78, 5) is 28.1. The van der Waals surface area contributed by atoms with E-state index in [4.69, 9.17) is 4.74 Å². The van der Waals surface area contributed by atoms with Crippen molar-refractivity contribution in [3.05, 3.63) is 0 Å². The van der Waals surface area contributed by atoms with Crippen LogP contribution in [0.15, 0.2) is 0 Å². The van der Waals surface area contributed by atoms with Gasteiger partial charge in [-0.05, 0) is 19.3 Å². The van der Waals surface area contributed by atoms with Gasteiger partial charge in [-0.25, -0.2) is 0 Å². The summed E-state index contributed by atoms with van der Waals surface area (Å²) in [7, 11) is 0. The maximum Gasteiger partial charge on any atom is 0.251 e. The number of hydrogen-bond acceptors (Lipinski definition) is 5. The van der Waals surface area contributed by atoms with Crippen molar-refractivity contribution in [1.82, 2.24) is 15.1 Å². The summed E-state index contributed by atoms with van der Waals surface area (Å²) in [5, 5.41) is 12.5. The van der Waals surface area contributed by atoms with Gasteiger partial charge in [0.15, 0.2) is 0 Å². The van der Waals surface area contributed by atoms with Crippen molar-refractivity contribution < 1.29 is 19.4 Å². The second-order valence-corrected chi connectivity index (χ2v) is 6.00. The van der Waals surface area contributed by atoms with Gasteiger partial charge >= 0.3 is 0 Å². The highest BCUT2D eigenvalue weighted by atomic mass is 16.5. The molecule has 0 aromatic rings. The molecule has 7 nitrogen and oxygen atoms in total. The number of aliphatic hydroxyl groups is 1. The van der Waals surface area contributed by atoms with Gasteiger partial charge in [0.2, 0.25) is 5.91 Å². The molecule has 21 heavy (non-hydrogen) atoms. The number of amides is 2. The fourth-order valence-corrected chi connectivity index (χ4v) is 3.25. The van der Waals surface area contributed by atoms with Crippen LogP contribution in [0.5, 0.6) is 0 Å². The van der Waals surface area contributed by atoms with Crippen LogP contribution in [-0.4, -0.2) is 84.3 Å². The normalized spacial score (nSPS) is 33.5. The van der Waals surface area contributed by atoms with Gasteiger partial charge in [0, 0.05) is 39.3 Å². The summed E-state index contributed by atoms with van der Waals surface area (Å²) in [6.45, 7) is 3.41. The highest BCUT2D eigenvalue weighted by molar-refractivity contribution is 5.84. The van der Waals surface area contributed by atoms with E-state index in [0.29, 0.717) is 45.8 Å². The first-order chi connectivity index (χ1) is 10.1. The van der Waals surface area contributed by atoms with Gasteiger partial charge in [-0.1, -0.05) is 0 Å². The van der Waals surface area contributed by atoms with Gasteiger partial charge < -0.3 is 25.0 Å². The lowest BCUT2D eigenvalue weighted by atomic mass is 10.1. The minimum atomic E-state index is -0.429. The number of β-amino-alcohol motifs (C(OH)–C–C–N with tert-alkyl or cyclic N) is 1. The average Bonchev–Trinajstić information content (AvgIpc) is 3.17. The van der Waals surface area contributed by atoms with Crippen LogP contribution in [0.3, 0.4) is 0 Å². The van der Waals surface area contributed by atoms with Crippen LogP contribution in [0, 0.1) is 0 Å². The van der Waals surface area contributed by atoms with Crippen molar-refractivity contribution >= 4 is 11.8 Å². The highest BCUT2D eigenvalue weighted by Crippen LogP contribution is 2.17. The van der Waals surface area contributed by atoms with Crippen LogP contribution in [0.25, 0.3) is 0 Å². The van der Waals surface area contributed by atoms with E-state index in [0.717, 1.165) is 12.8 Å². The van der Waals surface area contributed by atoms with Crippen LogP contribution in [0.1, 0.15) is 19.3 Å². The van der Waals surface area contributed by atoms with E-state index in [1.165, 1.54) is 0 Å². The molecule has 0 aromatic heterocycles. The number of nitrogens with zero attached hydrogens (tertiary/aromatic N) is 2. The van der Waals surface area contributed by atoms with E-state index >= 15 is 0 Å². The highest BCUT2D eigenvalue weighted by Gasteiger charge is 2.35. The van der Waals surface area contributed by atoms with Crippen molar-refractivity contribution in [2.45, 2.75) is 37.5 Å². The standard InChI is InChI=1S/C14H23N3O4/c18-10-8-11(15-9-10)13(19)16-3-5-17(6-4-16)14(20)12-2-1-7-21-12/h10-12,15,18H,1-9H2. The lowest BCUT2D eigenvalue weighted by molar-refractivity contribution is -0.146. The summed E-state index contributed by atoms with van der Waals surface area (Å²) in [5.41, 5.74) is 0. The summed E-state index contributed by atoms with van der Waals surface area (Å²) in [6.07, 6.45) is 1.53. The van der Waals surface area contributed by atoms with E-state index in [-0.39, 0.29) is 24.0 Å². The Morgan fingerprint density at radius 3 is 2.29 bits per heavy atom. The Labute approximate surface area is 124 Å². The lowest BCUT2D eigenvalue weighted by Crippen LogP contribution is -2.55. The maximum atomic E-state index is 12.3. The Bertz CT molecular complexity index is 403. The molecule has 2 amide bonds. The number of piperazine rings is 1. The monoisotopic (exact) mass is 297 g/mol. The molecule has 3 aliphatic heterocycles. The van der Waals surface area contributed by atoms with Gasteiger partial charge in [0.05, 0.1) is 12.1 Å². The molecule has 3 rings (SSSR count). The van der Waals surface area contributed by atoms with Crippen molar-refractivity contribution in [2.75, 3.05) is 39.3 Å². The summed E-state index contributed by atoms with van der Waals surface area (Å²) >= 11 is 0. The summed E-state index contributed by atoms with van der Waals surface area (Å²) in [6, 6.07) is -0.277. The lowest BCUT2D eigenvalue weighted by Gasteiger charge is -2.36. The predicted octanol–water partition coefficient (Wildman–Crippen LogP) is -1.44. The Balaban J connectivity index is 1.48. The number of nitrogens with one attached hydrogen (secondary N) is 1. The molecule has 3 heterocycles. The molecule has 3 atom stereocenters. The first-order valence-electron chi connectivity index (χ1n) is 7.76. The summed E-state index contributed by atoms with van der Waals surface area (Å²) in [5.74, 6) is 0.102. The van der Waals surface area contributed by atoms with Crippen molar-refractivity contribution in [3.63, 3.8) is 0 Å². The van der Waals surface area contributed by atoms with Gasteiger partial charge in [-0.3, -0.25) is 9.59 Å². The molecular formula is C14H23N3O4. The van der Waals surface area contributed by atoms with Crippen LogP contribution in [0.2, 0.25) is 0 Å². The van der Waals surface area contributed by atoms with Crippen LogP contribution >= 0.6 is 0 Å². The molecular weight excluding hydrogens is 274 g/mol. The van der Waals surface area contributed by atoms with E-state index in [1.54, 1.807) is 9.80 Å². The third kappa shape index (κ3) is 3.20. The number of ether oxygens (including phenoxy) is 1. The number of carbonyl (C=O) groups excluding carboxylic acids is 2. The molecule has 3 unspecified atom stereocenters. The molecule has 3 saturated heterocycles. The van der Waals surface area contributed by atoms with E-state index in [2.05, 4.69) is 5.32 Å². The zero-order valence-corrected chi connectivity index (χ0v) is 12.2. The predicted molar refractivity (Wildman–Crippen MR) is 74.5 cm³/mol. The molecule has 3 fully saturated rings. The minimum Gasteiger partial charge on any atom is -0.392 e. The Morgan fingerprint density at radius 2 is 1.76 bits per heavy atom. The topological polar surface area (TPSA) is 82.1 Å². The average molecular weight is 297 g/mol. The largest absolute Gasteiger partial charge is 0.392 e. The molecule has 0 radical (unpaired) electrons. The SMILES string of the molecule is O=C(C1CC(O)CN1)N1CCN(C(=O)C2CCCO2)CC1. The maximum absolute atomic E-state index is 12.3. The smallest absolute Gasteiger partial charge is 0.251 e. The van der Waals surface area contributed by atoms with Crippen molar-refractivity contribution in [2.24, 2.45) is 0 Å². The van der Waals surface area contributed by atoms with Crippen LogP contribution in [0.4, 0.5) is 0 Å². The first kappa shape index (κ1) is 14.7. The van der Waals surface area contributed by atoms with Gasteiger partial charge in [0.25, 0.3) is 5.91 Å². The second kappa shape index (κ2) is 6.29. The fraction of sp³-hybridized carbons (Fsp3) is 0.857. The van der Waals surface area contributed by atoms with Crippen LogP contribution in [-0.2, 0) is 14.3 Å². The van der Waals surface area contributed by atoms with Gasteiger partial charge in [-0.2, -0.15) is 0 Å². The van der Waals surface area contributed by atoms with Crippen LogP contribution < -0.4 is 5.32 Å². The Hall–Kier alpha value is -1.18. The van der Waals surface area contributed by atoms with Crippen molar-refractivity contribution in [3.8, 4) is 0 Å². The van der Waals surface area contributed by atoms with E-state index < -0.39 is 6.10 Å². The zero-order chi connectivity index (χ0) is 14.8. The molecule has 7 heteroatoms. The van der Waals surface area contributed by atoms with E-state index in [9.17, 15) is 14.7 Å². The Kier molecular flexibility index (Phi) is 4.42. The molecule has 3 aliphatic rings. The number of aliphatic hydroxyl groups excluding tert-OH is 1. The molecule has 0 aromatic carbocycles. The third-order valence-electron chi connectivity index (χ3n) is 4.51. The molecule has 0 spiro atoms. The zero-order valence-electron chi connectivity index (χ0n) is 12.2. The number of hydrogen-bond donors (Lipinski definition) is 2. The Morgan fingerprint density at radius 1 is 1.10 bits per heavy atom. The van der Waals surface area contributed by atoms with Gasteiger partial charge in [-0.15, -0.1) is 0 Å². The second-order valence-electron chi connectivity index (χ2n) is 6.00. The fourth-order valence-electron chi connectivity index (χ4n) is 3.25. The molecule has 118 valence electrons. The van der Waals surface area contributed by atoms with E-state index in [1.807, 2.05) is 0 Å². The number of rotatable bonds is 2. The molecule has 2 N–H and O–H groups in total. The van der Waals surface area contributed by atoms with Crippen molar-refractivity contribution in [1.29, 1.82) is 0 Å². The first-order valence-corrected chi connectivity index (χ1v) is 7.76. The number of carbonyl (C=O) groups is 2. The minimum absolute atomic E-state index is 0.0377. The molecule has 0 saturated carbocycles. The summed E-state index contributed by atoms with van der Waals surface area (Å²) < 4.78 is 5.43. The molecule has 0 aliphatic carbocycles. The quantitative estimate of drug-likeness (QED) is 0.652. The van der Waals surface area contributed by atoms with Gasteiger partial charge in [0.1, 0.15) is 6.10 Å².